The van der Waals surface area contributed by atoms with E-state index in [2.05, 4.69) is 19.9 Å². The Morgan fingerprint density at radius 2 is 1.79 bits per heavy atom. The fourth-order valence-electron chi connectivity index (χ4n) is 9.69. The minimum Gasteiger partial charge on any atom is -0.396 e. The van der Waals surface area contributed by atoms with Crippen LogP contribution in [0.3, 0.4) is 0 Å². The molecule has 1 saturated heterocycles. The summed E-state index contributed by atoms with van der Waals surface area (Å²) in [5.41, 5.74) is 1.15. The molecule has 9 nitrogen and oxygen atoms in total. The van der Waals surface area contributed by atoms with Gasteiger partial charge in [0, 0.05) is 31.3 Å². The minimum absolute atomic E-state index is 0.0114. The highest BCUT2D eigenvalue weighted by atomic mass is 16.7. The fraction of sp³-hybridized carbons (Fsp3) is 0.879. The van der Waals surface area contributed by atoms with Crippen molar-refractivity contribution in [3.8, 4) is 0 Å². The number of Topliss-reactive ketones (excluding diaryl/α,β-unsaturated/α-hetero) is 2. The van der Waals surface area contributed by atoms with Crippen LogP contribution < -0.4 is 0 Å². The van der Waals surface area contributed by atoms with Gasteiger partial charge in [-0.3, -0.25) is 9.59 Å². The van der Waals surface area contributed by atoms with Gasteiger partial charge in [-0.2, -0.15) is 0 Å². The third-order valence-corrected chi connectivity index (χ3v) is 12.4. The van der Waals surface area contributed by atoms with Gasteiger partial charge in [0.2, 0.25) is 0 Å². The van der Waals surface area contributed by atoms with Crippen LogP contribution in [0.25, 0.3) is 0 Å². The molecule has 0 spiro atoms. The zero-order chi connectivity index (χ0) is 30.6. The first-order valence-electron chi connectivity index (χ1n) is 16.2. The lowest BCUT2D eigenvalue weighted by Crippen LogP contribution is -2.60. The zero-order valence-electron chi connectivity index (χ0n) is 25.7. The van der Waals surface area contributed by atoms with Crippen LogP contribution in [0.2, 0.25) is 0 Å². The molecule has 5 rings (SSSR count). The maximum absolute atomic E-state index is 13.6. The first-order chi connectivity index (χ1) is 19.8. The summed E-state index contributed by atoms with van der Waals surface area (Å²) < 4.78 is 11.8. The number of carbonyl (C=O) groups is 2. The average Bonchev–Trinajstić information content (AvgIpc) is 3.25. The second kappa shape index (κ2) is 12.3. The van der Waals surface area contributed by atoms with Crippen LogP contribution in [0, 0.1) is 46.3 Å². The molecular formula is C33H52O9. The van der Waals surface area contributed by atoms with Gasteiger partial charge in [0.05, 0.1) is 12.7 Å². The molecule has 0 amide bonds. The molecule has 1 heterocycles. The van der Waals surface area contributed by atoms with Gasteiger partial charge in [0.25, 0.3) is 0 Å². The second-order valence-electron chi connectivity index (χ2n) is 14.7. The summed E-state index contributed by atoms with van der Waals surface area (Å²) in [7, 11) is 0. The number of carbonyl (C=O) groups excluding carboxylic acids is 2. The molecule has 238 valence electrons. The van der Waals surface area contributed by atoms with Gasteiger partial charge in [-0.1, -0.05) is 39.3 Å². The maximum Gasteiger partial charge on any atom is 0.186 e. The molecule has 0 radical (unpaired) electrons. The Hall–Kier alpha value is -1.20. The Bertz CT molecular complexity index is 1040. The highest BCUT2D eigenvalue weighted by molar-refractivity contribution is 5.92. The van der Waals surface area contributed by atoms with Gasteiger partial charge >= 0.3 is 0 Å². The summed E-state index contributed by atoms with van der Waals surface area (Å²) in [5, 5.41) is 49.6. The van der Waals surface area contributed by atoms with Crippen molar-refractivity contribution < 1.29 is 44.6 Å². The van der Waals surface area contributed by atoms with Crippen LogP contribution in [0.4, 0.5) is 0 Å². The van der Waals surface area contributed by atoms with Crippen molar-refractivity contribution >= 4 is 11.6 Å². The van der Waals surface area contributed by atoms with Gasteiger partial charge in [-0.15, -0.1) is 0 Å². The smallest absolute Gasteiger partial charge is 0.186 e. The Morgan fingerprint density at radius 1 is 1.05 bits per heavy atom. The van der Waals surface area contributed by atoms with E-state index in [0.29, 0.717) is 37.5 Å². The Labute approximate surface area is 249 Å². The third kappa shape index (κ3) is 5.46. The summed E-state index contributed by atoms with van der Waals surface area (Å²) in [6.07, 6.45) is 2.57. The van der Waals surface area contributed by atoms with Gasteiger partial charge in [-0.05, 0) is 79.4 Å². The average molecular weight is 593 g/mol. The van der Waals surface area contributed by atoms with E-state index in [1.807, 2.05) is 13.8 Å². The molecule has 0 bridgehead atoms. The van der Waals surface area contributed by atoms with E-state index in [1.165, 1.54) is 5.57 Å². The summed E-state index contributed by atoms with van der Waals surface area (Å²) in [5.74, 6) is 1.05. The molecule has 3 saturated carbocycles. The molecule has 1 aliphatic heterocycles. The van der Waals surface area contributed by atoms with Crippen molar-refractivity contribution in [2.45, 2.75) is 122 Å². The topological polar surface area (TPSA) is 154 Å². The summed E-state index contributed by atoms with van der Waals surface area (Å²) in [4.78, 5) is 26.7. The molecular weight excluding hydrogens is 540 g/mol. The molecule has 0 unspecified atom stereocenters. The van der Waals surface area contributed by atoms with Crippen LogP contribution in [-0.4, -0.2) is 87.1 Å². The number of aliphatic hydroxyl groups excluding tert-OH is 5. The second-order valence-corrected chi connectivity index (χ2v) is 14.7. The maximum atomic E-state index is 13.6. The summed E-state index contributed by atoms with van der Waals surface area (Å²) in [6.45, 7) is 8.09. The minimum atomic E-state index is -1.46. The number of hydrogen-bond acceptors (Lipinski definition) is 9. The molecule has 0 aromatic carbocycles. The molecule has 0 aromatic rings. The van der Waals surface area contributed by atoms with Crippen LogP contribution in [0.1, 0.15) is 85.5 Å². The van der Waals surface area contributed by atoms with Gasteiger partial charge in [0.1, 0.15) is 36.0 Å². The molecule has 4 fully saturated rings. The standard InChI is InChI=1S/C33H52O9/c1-17(15-34)5-8-24(36)18(2)27-25(37)14-23-21-7-6-19-13-20(9-11-32(19,3)22(21)10-12-33(23,27)4)41-31-30(40)29(39)28(38)26(16-35)42-31/h6,17-18,20-23,26-31,34-35,38-40H,5,7-16H2,1-4H3/t17-,18-,20+,21-,22+,23+,26-,27+,28-,29+,30-,31-,32+,33+/m1/s1. The zero-order valence-corrected chi connectivity index (χ0v) is 25.7. The predicted octanol–water partition coefficient (Wildman–Crippen LogP) is 2.54. The van der Waals surface area contributed by atoms with Gasteiger partial charge in [-0.25, -0.2) is 0 Å². The lowest BCUT2D eigenvalue weighted by molar-refractivity contribution is -0.313. The molecule has 5 N–H and O–H groups in total. The van der Waals surface area contributed by atoms with Crippen molar-refractivity contribution in [1.29, 1.82) is 0 Å². The Morgan fingerprint density at radius 3 is 2.48 bits per heavy atom. The third-order valence-electron chi connectivity index (χ3n) is 12.4. The molecule has 4 aliphatic carbocycles. The van der Waals surface area contributed by atoms with E-state index < -0.39 is 37.3 Å². The highest BCUT2D eigenvalue weighted by Gasteiger charge is 2.62. The van der Waals surface area contributed by atoms with E-state index in [1.54, 1.807) is 0 Å². The van der Waals surface area contributed by atoms with Crippen molar-refractivity contribution in [3.05, 3.63) is 11.6 Å². The van der Waals surface area contributed by atoms with Crippen molar-refractivity contribution in [2.24, 2.45) is 46.3 Å². The molecule has 14 atom stereocenters. The van der Waals surface area contributed by atoms with Crippen LogP contribution in [0.5, 0.6) is 0 Å². The van der Waals surface area contributed by atoms with E-state index in [9.17, 15) is 35.1 Å². The number of ether oxygens (including phenoxy) is 2. The molecule has 5 aliphatic rings. The van der Waals surface area contributed by atoms with E-state index in [-0.39, 0.29) is 58.8 Å². The monoisotopic (exact) mass is 592 g/mol. The Balaban J connectivity index is 1.27. The van der Waals surface area contributed by atoms with Crippen LogP contribution in [-0.2, 0) is 19.1 Å². The van der Waals surface area contributed by atoms with E-state index in [4.69, 9.17) is 9.47 Å². The number of rotatable bonds is 9. The number of ketones is 2. The van der Waals surface area contributed by atoms with Crippen LogP contribution in [0.15, 0.2) is 11.6 Å². The number of allylic oxidation sites excluding steroid dienone is 1. The first kappa shape index (κ1) is 32.2. The normalized spacial score (nSPS) is 46.7. The first-order valence-corrected chi connectivity index (χ1v) is 16.2. The van der Waals surface area contributed by atoms with Crippen molar-refractivity contribution in [1.82, 2.24) is 0 Å². The van der Waals surface area contributed by atoms with E-state index >= 15 is 0 Å². The lowest BCUT2D eigenvalue weighted by Gasteiger charge is -2.58. The molecule has 9 heteroatoms. The van der Waals surface area contributed by atoms with Crippen molar-refractivity contribution in [2.75, 3.05) is 13.2 Å². The lowest BCUT2D eigenvalue weighted by atomic mass is 9.47. The SMILES string of the molecule is C[C@@H](CO)CCC(=O)[C@@H](C)[C@H]1C(=O)C[C@H]2[C@@H]3CC=C4C[C@@H](O[C@@H]5O[C@H](CO)[C@@H](O)[C@H](O)[C@H]5O)CC[C@]4(C)[C@H]3CC[C@]12C. The summed E-state index contributed by atoms with van der Waals surface area (Å²) in [6, 6.07) is 0. The number of hydrogen-bond donors (Lipinski definition) is 5. The fourth-order valence-corrected chi connectivity index (χ4v) is 9.69. The van der Waals surface area contributed by atoms with Gasteiger partial charge in [0.15, 0.2) is 6.29 Å². The highest BCUT2D eigenvalue weighted by Crippen LogP contribution is 2.66. The molecule has 42 heavy (non-hydrogen) atoms. The Kier molecular flexibility index (Phi) is 9.43. The van der Waals surface area contributed by atoms with Crippen molar-refractivity contribution in [3.63, 3.8) is 0 Å². The van der Waals surface area contributed by atoms with Gasteiger partial charge < -0.3 is 35.0 Å². The van der Waals surface area contributed by atoms with E-state index in [0.717, 1.165) is 32.1 Å². The molecule has 0 aromatic heterocycles. The quantitative estimate of drug-likeness (QED) is 0.254. The predicted molar refractivity (Wildman–Crippen MR) is 154 cm³/mol. The number of fused-ring (bicyclic) bond motifs is 5. The largest absolute Gasteiger partial charge is 0.396 e. The number of aliphatic hydroxyl groups is 5. The summed E-state index contributed by atoms with van der Waals surface area (Å²) >= 11 is 0. The van der Waals surface area contributed by atoms with Crippen LogP contribution >= 0.6 is 0 Å².